The van der Waals surface area contributed by atoms with E-state index in [1.165, 1.54) is 21.8 Å². The maximum atomic E-state index is 13.9. The Bertz CT molecular complexity index is 2000. The lowest BCUT2D eigenvalue weighted by Crippen LogP contribution is -2.32. The molecule has 4 aromatic heterocycles. The molecule has 42 heavy (non-hydrogen) atoms. The maximum absolute atomic E-state index is 13.9. The van der Waals surface area contributed by atoms with Gasteiger partial charge < -0.3 is 14.6 Å². The minimum atomic E-state index is -0.572. The number of nitrogens with zero attached hydrogens (tertiary/aromatic N) is 3. The van der Waals surface area contributed by atoms with Crippen LogP contribution in [0.2, 0.25) is 0 Å². The second-order valence-electron chi connectivity index (χ2n) is 10.6. The molecule has 0 radical (unpaired) electrons. The van der Waals surface area contributed by atoms with Crippen molar-refractivity contribution in [2.45, 2.75) is 53.0 Å². The van der Waals surface area contributed by atoms with Crippen molar-refractivity contribution >= 4 is 44.9 Å². The summed E-state index contributed by atoms with van der Waals surface area (Å²) in [5.41, 5.74) is 4.58. The van der Waals surface area contributed by atoms with Gasteiger partial charge in [0.1, 0.15) is 21.8 Å². The molecule has 9 nitrogen and oxygen atoms in total. The van der Waals surface area contributed by atoms with Gasteiger partial charge in [0.25, 0.3) is 11.5 Å². The van der Waals surface area contributed by atoms with E-state index in [4.69, 9.17) is 15.1 Å². The highest BCUT2D eigenvalue weighted by molar-refractivity contribution is 7.17. The zero-order valence-corrected chi connectivity index (χ0v) is 24.6. The van der Waals surface area contributed by atoms with E-state index in [-0.39, 0.29) is 35.1 Å². The molecule has 10 heteroatoms. The normalized spacial score (nSPS) is 12.8. The van der Waals surface area contributed by atoms with Crippen LogP contribution in [0, 0.1) is 19.3 Å². The zero-order valence-electron chi connectivity index (χ0n) is 23.7. The predicted molar refractivity (Wildman–Crippen MR) is 163 cm³/mol. The van der Waals surface area contributed by atoms with Gasteiger partial charge in [-0.25, -0.2) is 9.78 Å². The van der Waals surface area contributed by atoms with Crippen molar-refractivity contribution in [2.75, 3.05) is 11.9 Å². The van der Waals surface area contributed by atoms with E-state index >= 15 is 0 Å². The van der Waals surface area contributed by atoms with Crippen LogP contribution in [0.4, 0.5) is 5.00 Å². The zero-order chi connectivity index (χ0) is 29.5. The summed E-state index contributed by atoms with van der Waals surface area (Å²) in [6, 6.07) is 13.0. The predicted octanol–water partition coefficient (Wildman–Crippen LogP) is 5.16. The van der Waals surface area contributed by atoms with Gasteiger partial charge in [0, 0.05) is 11.1 Å². The molecular weight excluding hydrogens is 550 g/mol. The fourth-order valence-corrected chi connectivity index (χ4v) is 6.82. The smallest absolute Gasteiger partial charge is 0.341 e. The molecule has 0 saturated heterocycles. The third kappa shape index (κ3) is 4.81. The molecule has 0 atom stereocenters. The monoisotopic (exact) mass is 581 g/mol. The van der Waals surface area contributed by atoms with Gasteiger partial charge in [-0.3, -0.25) is 19.4 Å². The van der Waals surface area contributed by atoms with Crippen molar-refractivity contribution in [3.05, 3.63) is 103 Å². The summed E-state index contributed by atoms with van der Waals surface area (Å²) in [6.45, 7) is 6.09. The second-order valence-corrected chi connectivity index (χ2v) is 11.7. The molecule has 0 spiro atoms. The van der Waals surface area contributed by atoms with Gasteiger partial charge in [-0.15, -0.1) is 11.3 Å². The Morgan fingerprint density at radius 1 is 1.10 bits per heavy atom. The van der Waals surface area contributed by atoms with Gasteiger partial charge in [-0.2, -0.15) is 0 Å². The molecule has 1 aromatic carbocycles. The van der Waals surface area contributed by atoms with Crippen LogP contribution in [0.15, 0.2) is 53.5 Å². The van der Waals surface area contributed by atoms with Crippen LogP contribution in [-0.2, 0) is 24.1 Å². The molecule has 2 N–H and O–H groups in total. The summed E-state index contributed by atoms with van der Waals surface area (Å²) in [5, 5.41) is 12.7. The van der Waals surface area contributed by atoms with Crippen LogP contribution in [-0.4, -0.2) is 32.4 Å². The summed E-state index contributed by atoms with van der Waals surface area (Å²) >= 11 is 1.38. The summed E-state index contributed by atoms with van der Waals surface area (Å²) in [4.78, 5) is 46.5. The number of nitrogens with one attached hydrogen (secondary N) is 2. The number of anilines is 1. The standard InChI is InChI=1S/C32H31N5O4S/c1-4-41-32(40)25-21-9-5-6-10-24(21)42-30(25)35-29(38)22-16-23-28(34-27-19(3)8-7-15-36(27)31(23)39)37(26(22)33)17-20-13-11-18(2)12-14-20/h7-8,11-16,33H,4-6,9-10,17H2,1-3H3,(H,35,38). The Labute approximate surface area is 245 Å². The van der Waals surface area contributed by atoms with Gasteiger partial charge in [-0.1, -0.05) is 35.9 Å². The number of amides is 1. The van der Waals surface area contributed by atoms with E-state index in [9.17, 15) is 14.4 Å². The number of ether oxygens (including phenoxy) is 1. The van der Waals surface area contributed by atoms with Crippen molar-refractivity contribution in [3.63, 3.8) is 0 Å². The minimum Gasteiger partial charge on any atom is -0.462 e. The molecule has 5 aromatic rings. The maximum Gasteiger partial charge on any atom is 0.341 e. The van der Waals surface area contributed by atoms with Gasteiger partial charge in [-0.05, 0) is 75.3 Å². The van der Waals surface area contributed by atoms with E-state index in [1.54, 1.807) is 23.8 Å². The molecule has 6 rings (SSSR count). The number of hydrogen-bond donors (Lipinski definition) is 2. The summed E-state index contributed by atoms with van der Waals surface area (Å²) in [7, 11) is 0. The summed E-state index contributed by atoms with van der Waals surface area (Å²) in [5.74, 6) is -1.03. The molecular formula is C32H31N5O4S. The first-order valence-corrected chi connectivity index (χ1v) is 14.9. The van der Waals surface area contributed by atoms with E-state index < -0.39 is 11.9 Å². The SMILES string of the molecule is CCOC(=O)c1c(NC(=O)c2cc3c(=O)n4cccc(C)c4nc3n(Cc3ccc(C)cc3)c2=N)sc2c1CCCC2. The van der Waals surface area contributed by atoms with Crippen molar-refractivity contribution in [3.8, 4) is 0 Å². The van der Waals surface area contributed by atoms with E-state index in [0.717, 1.165) is 52.8 Å². The van der Waals surface area contributed by atoms with Gasteiger partial charge >= 0.3 is 5.97 Å². The first-order chi connectivity index (χ1) is 20.3. The number of pyridine rings is 2. The van der Waals surface area contributed by atoms with Crippen LogP contribution >= 0.6 is 11.3 Å². The lowest BCUT2D eigenvalue weighted by atomic mass is 9.95. The van der Waals surface area contributed by atoms with Crippen LogP contribution in [0.3, 0.4) is 0 Å². The van der Waals surface area contributed by atoms with Gasteiger partial charge in [0.15, 0.2) is 0 Å². The third-order valence-electron chi connectivity index (χ3n) is 7.72. The van der Waals surface area contributed by atoms with Crippen LogP contribution in [0.25, 0.3) is 16.7 Å². The third-order valence-corrected chi connectivity index (χ3v) is 8.92. The van der Waals surface area contributed by atoms with Crippen LogP contribution in [0.5, 0.6) is 0 Å². The van der Waals surface area contributed by atoms with Crippen LogP contribution < -0.4 is 16.4 Å². The quantitative estimate of drug-likeness (QED) is 0.212. The number of fused-ring (bicyclic) bond motifs is 3. The molecule has 1 aliphatic carbocycles. The number of aromatic nitrogens is 3. The Morgan fingerprint density at radius 3 is 2.62 bits per heavy atom. The summed E-state index contributed by atoms with van der Waals surface area (Å²) in [6.07, 6.45) is 5.23. The number of thiophene rings is 1. The molecule has 0 unspecified atom stereocenters. The Morgan fingerprint density at radius 2 is 1.86 bits per heavy atom. The Kier molecular flexibility index (Phi) is 7.24. The highest BCUT2D eigenvalue weighted by Crippen LogP contribution is 2.38. The highest BCUT2D eigenvalue weighted by Gasteiger charge is 2.28. The number of hydrogen-bond acceptors (Lipinski definition) is 7. The molecule has 4 heterocycles. The number of aryl methyl sites for hydroxylation is 3. The lowest BCUT2D eigenvalue weighted by molar-refractivity contribution is 0.0526. The van der Waals surface area contributed by atoms with E-state index in [2.05, 4.69) is 5.32 Å². The molecule has 214 valence electrons. The number of benzene rings is 1. The number of rotatable bonds is 6. The van der Waals surface area contributed by atoms with E-state index in [1.807, 2.05) is 44.2 Å². The average Bonchev–Trinajstić information content (AvgIpc) is 3.34. The van der Waals surface area contributed by atoms with Crippen molar-refractivity contribution < 1.29 is 14.3 Å². The minimum absolute atomic E-state index is 0.0160. The molecule has 0 bridgehead atoms. The average molecular weight is 582 g/mol. The first kappa shape index (κ1) is 27.6. The van der Waals surface area contributed by atoms with Crippen LogP contribution in [0.1, 0.15) is 67.6 Å². The van der Waals surface area contributed by atoms with Gasteiger partial charge in [0.05, 0.1) is 29.7 Å². The second kappa shape index (κ2) is 11.0. The molecule has 0 aliphatic heterocycles. The van der Waals surface area contributed by atoms with E-state index in [0.29, 0.717) is 21.9 Å². The number of carbonyl (C=O) groups excluding carboxylic acids is 2. The van der Waals surface area contributed by atoms with Crippen molar-refractivity contribution in [1.29, 1.82) is 5.41 Å². The fourth-order valence-electron chi connectivity index (χ4n) is 5.54. The summed E-state index contributed by atoms with van der Waals surface area (Å²) < 4.78 is 8.41. The fraction of sp³-hybridized carbons (Fsp3) is 0.281. The lowest BCUT2D eigenvalue weighted by Gasteiger charge is -2.16. The Balaban J connectivity index is 1.52. The first-order valence-electron chi connectivity index (χ1n) is 14.1. The van der Waals surface area contributed by atoms with Gasteiger partial charge in [0.2, 0.25) is 0 Å². The highest BCUT2D eigenvalue weighted by atomic mass is 32.1. The largest absolute Gasteiger partial charge is 0.462 e. The Hall–Kier alpha value is -4.57. The number of carbonyl (C=O) groups is 2. The van der Waals surface area contributed by atoms with Crippen molar-refractivity contribution in [1.82, 2.24) is 14.0 Å². The molecule has 1 amide bonds. The molecule has 0 fully saturated rings. The van der Waals surface area contributed by atoms with Crippen molar-refractivity contribution in [2.24, 2.45) is 0 Å². The molecule has 1 aliphatic rings. The number of esters is 1. The molecule has 0 saturated carbocycles. The topological polar surface area (TPSA) is 119 Å².